The largest absolute Gasteiger partial charge is 0.455 e. The van der Waals surface area contributed by atoms with Gasteiger partial charge in [-0.3, -0.25) is 14.9 Å². The minimum Gasteiger partial charge on any atom is -0.455 e. The highest BCUT2D eigenvalue weighted by Gasteiger charge is 2.27. The molecule has 2 rings (SSSR count). The molecule has 0 spiro atoms. The van der Waals surface area contributed by atoms with Crippen LogP contribution in [0.15, 0.2) is 60.7 Å². The van der Waals surface area contributed by atoms with Gasteiger partial charge in [-0.2, -0.15) is 0 Å². The van der Waals surface area contributed by atoms with Crippen LogP contribution in [0.4, 0.5) is 4.79 Å². The Labute approximate surface area is 206 Å². The Kier molecular flexibility index (Phi) is 11.1. The SMILES string of the molecule is CC(C)(C)OC(=O)NCCCC(=O)CN[C@@H](Cc1ccccc1)C(=O)C(=O)OCc1ccccc1. The van der Waals surface area contributed by atoms with Crippen LogP contribution in [-0.4, -0.2) is 48.4 Å². The van der Waals surface area contributed by atoms with E-state index in [4.69, 9.17) is 9.47 Å². The van der Waals surface area contributed by atoms with Gasteiger partial charge in [0.1, 0.15) is 18.0 Å². The molecule has 0 aliphatic carbocycles. The Balaban J connectivity index is 1.85. The second-order valence-electron chi connectivity index (χ2n) is 9.12. The van der Waals surface area contributed by atoms with Gasteiger partial charge in [0.15, 0.2) is 0 Å². The molecule has 0 heterocycles. The summed E-state index contributed by atoms with van der Waals surface area (Å²) < 4.78 is 10.3. The van der Waals surface area contributed by atoms with Gasteiger partial charge in [0, 0.05) is 13.0 Å². The van der Waals surface area contributed by atoms with E-state index in [-0.39, 0.29) is 31.8 Å². The van der Waals surface area contributed by atoms with Crippen molar-refractivity contribution in [2.24, 2.45) is 0 Å². The van der Waals surface area contributed by atoms with Crippen molar-refractivity contribution in [2.45, 2.75) is 58.3 Å². The van der Waals surface area contributed by atoms with Crippen molar-refractivity contribution >= 4 is 23.6 Å². The normalized spacial score (nSPS) is 11.9. The first-order chi connectivity index (χ1) is 16.6. The number of ether oxygens (including phenoxy) is 2. The monoisotopic (exact) mass is 482 g/mol. The fourth-order valence-electron chi connectivity index (χ4n) is 3.16. The molecule has 35 heavy (non-hydrogen) atoms. The van der Waals surface area contributed by atoms with Crippen LogP contribution in [0.3, 0.4) is 0 Å². The van der Waals surface area contributed by atoms with Gasteiger partial charge in [-0.05, 0) is 44.7 Å². The van der Waals surface area contributed by atoms with Crippen molar-refractivity contribution in [1.82, 2.24) is 10.6 Å². The van der Waals surface area contributed by atoms with Gasteiger partial charge in [-0.25, -0.2) is 9.59 Å². The lowest BCUT2D eigenvalue weighted by molar-refractivity contribution is -0.155. The van der Waals surface area contributed by atoms with E-state index in [0.29, 0.717) is 13.0 Å². The first-order valence-electron chi connectivity index (χ1n) is 11.6. The molecular formula is C27H34N2O6. The molecule has 2 N–H and O–H groups in total. The van der Waals surface area contributed by atoms with E-state index in [1.54, 1.807) is 32.9 Å². The number of nitrogens with one attached hydrogen (secondary N) is 2. The third-order valence-electron chi connectivity index (χ3n) is 4.86. The lowest BCUT2D eigenvalue weighted by Gasteiger charge is -2.19. The standard InChI is InChI=1S/C27H34N2O6/c1-27(2,3)35-26(33)28-16-10-15-22(30)18-29-23(17-20-11-6-4-7-12-20)24(31)25(32)34-19-21-13-8-5-9-14-21/h4-9,11-14,23,29H,10,15-19H2,1-3H3,(H,28,33)/t23-/m0/s1. The molecule has 2 aromatic carbocycles. The minimum absolute atomic E-state index is 0.00690. The molecule has 2 aromatic rings. The van der Waals surface area contributed by atoms with Crippen LogP contribution in [0.2, 0.25) is 0 Å². The zero-order valence-corrected chi connectivity index (χ0v) is 20.5. The summed E-state index contributed by atoms with van der Waals surface area (Å²) in [6, 6.07) is 17.4. The number of carbonyl (C=O) groups is 4. The predicted molar refractivity (Wildman–Crippen MR) is 132 cm³/mol. The predicted octanol–water partition coefficient (Wildman–Crippen LogP) is 3.37. The summed E-state index contributed by atoms with van der Waals surface area (Å²) in [6.07, 6.45) is 0.336. The van der Waals surface area contributed by atoms with Crippen LogP contribution in [0.25, 0.3) is 0 Å². The number of hydrogen-bond acceptors (Lipinski definition) is 7. The van der Waals surface area contributed by atoms with E-state index in [1.807, 2.05) is 48.5 Å². The molecule has 0 saturated heterocycles. The average molecular weight is 483 g/mol. The highest BCUT2D eigenvalue weighted by Crippen LogP contribution is 2.08. The van der Waals surface area contributed by atoms with Gasteiger partial charge in [-0.15, -0.1) is 0 Å². The first-order valence-corrected chi connectivity index (χ1v) is 11.6. The number of carbonyl (C=O) groups excluding carboxylic acids is 4. The number of esters is 1. The number of benzene rings is 2. The van der Waals surface area contributed by atoms with E-state index in [2.05, 4.69) is 10.6 Å². The quantitative estimate of drug-likeness (QED) is 0.256. The number of hydrogen-bond donors (Lipinski definition) is 2. The lowest BCUT2D eigenvalue weighted by atomic mass is 10.0. The van der Waals surface area contributed by atoms with Crippen molar-refractivity contribution in [2.75, 3.05) is 13.1 Å². The maximum atomic E-state index is 12.8. The molecule has 1 amide bonds. The van der Waals surface area contributed by atoms with Crippen LogP contribution in [0.5, 0.6) is 0 Å². The van der Waals surface area contributed by atoms with Crippen LogP contribution in [-0.2, 0) is 36.9 Å². The third kappa shape index (κ3) is 11.4. The van der Waals surface area contributed by atoms with Gasteiger partial charge in [-0.1, -0.05) is 60.7 Å². The van der Waals surface area contributed by atoms with Crippen LogP contribution < -0.4 is 10.6 Å². The highest BCUT2D eigenvalue weighted by atomic mass is 16.6. The average Bonchev–Trinajstić information content (AvgIpc) is 2.82. The Morgan fingerprint density at radius 2 is 1.49 bits per heavy atom. The molecule has 0 aliphatic rings. The number of Topliss-reactive ketones (excluding diaryl/α,β-unsaturated/α-hetero) is 2. The molecule has 0 aromatic heterocycles. The molecule has 0 radical (unpaired) electrons. The maximum absolute atomic E-state index is 12.8. The molecule has 1 atom stereocenters. The zero-order chi connectivity index (χ0) is 25.7. The summed E-state index contributed by atoms with van der Waals surface area (Å²) in [5.74, 6) is -1.82. The fraction of sp³-hybridized carbons (Fsp3) is 0.407. The number of amides is 1. The Morgan fingerprint density at radius 1 is 0.886 bits per heavy atom. The Morgan fingerprint density at radius 3 is 2.09 bits per heavy atom. The van der Waals surface area contributed by atoms with Gasteiger partial charge >= 0.3 is 12.1 Å². The summed E-state index contributed by atoms with van der Waals surface area (Å²) in [4.78, 5) is 49.2. The molecule has 0 saturated carbocycles. The summed E-state index contributed by atoms with van der Waals surface area (Å²) in [5.41, 5.74) is 1.03. The van der Waals surface area contributed by atoms with Crippen molar-refractivity contribution in [3.05, 3.63) is 71.8 Å². The molecule has 188 valence electrons. The fourth-order valence-corrected chi connectivity index (χ4v) is 3.16. The van der Waals surface area contributed by atoms with E-state index in [1.165, 1.54) is 0 Å². The summed E-state index contributed by atoms with van der Waals surface area (Å²) in [6.45, 7) is 5.51. The third-order valence-corrected chi connectivity index (χ3v) is 4.86. The molecule has 0 fully saturated rings. The molecule has 8 nitrogen and oxygen atoms in total. The van der Waals surface area contributed by atoms with Crippen molar-refractivity contribution in [3.8, 4) is 0 Å². The smallest absolute Gasteiger partial charge is 0.407 e. The van der Waals surface area contributed by atoms with Crippen molar-refractivity contribution < 1.29 is 28.7 Å². The second kappa shape index (κ2) is 14.0. The van der Waals surface area contributed by atoms with Gasteiger partial charge in [0.25, 0.3) is 5.78 Å². The van der Waals surface area contributed by atoms with Gasteiger partial charge < -0.3 is 14.8 Å². The molecule has 0 aliphatic heterocycles. The van der Waals surface area contributed by atoms with Gasteiger partial charge in [0.05, 0.1) is 12.6 Å². The van der Waals surface area contributed by atoms with E-state index < -0.39 is 29.5 Å². The lowest BCUT2D eigenvalue weighted by Crippen LogP contribution is -2.45. The highest BCUT2D eigenvalue weighted by molar-refractivity contribution is 6.35. The number of alkyl carbamates (subject to hydrolysis) is 1. The van der Waals surface area contributed by atoms with E-state index in [9.17, 15) is 19.2 Å². The zero-order valence-electron chi connectivity index (χ0n) is 20.5. The molecule has 0 bridgehead atoms. The Bertz CT molecular complexity index is 970. The molecule has 0 unspecified atom stereocenters. The number of ketones is 2. The van der Waals surface area contributed by atoms with Crippen LogP contribution in [0, 0.1) is 0 Å². The maximum Gasteiger partial charge on any atom is 0.407 e. The number of rotatable bonds is 13. The first kappa shape index (κ1) is 27.7. The summed E-state index contributed by atoms with van der Waals surface area (Å²) >= 11 is 0. The van der Waals surface area contributed by atoms with E-state index >= 15 is 0 Å². The van der Waals surface area contributed by atoms with Crippen LogP contribution in [0.1, 0.15) is 44.7 Å². The Hall–Kier alpha value is -3.52. The van der Waals surface area contributed by atoms with Crippen LogP contribution >= 0.6 is 0 Å². The van der Waals surface area contributed by atoms with Crippen molar-refractivity contribution in [3.63, 3.8) is 0 Å². The molecule has 8 heteroatoms. The van der Waals surface area contributed by atoms with Crippen molar-refractivity contribution in [1.29, 1.82) is 0 Å². The van der Waals surface area contributed by atoms with Gasteiger partial charge in [0.2, 0.25) is 0 Å². The topological polar surface area (TPSA) is 111 Å². The summed E-state index contributed by atoms with van der Waals surface area (Å²) in [7, 11) is 0. The van der Waals surface area contributed by atoms with E-state index in [0.717, 1.165) is 11.1 Å². The minimum atomic E-state index is -0.948. The molecular weight excluding hydrogens is 448 g/mol. The second-order valence-corrected chi connectivity index (χ2v) is 9.12. The summed E-state index contributed by atoms with van der Waals surface area (Å²) in [5, 5.41) is 5.52.